The van der Waals surface area contributed by atoms with E-state index >= 15 is 0 Å². The van der Waals surface area contributed by atoms with Gasteiger partial charge in [0.2, 0.25) is 0 Å². The van der Waals surface area contributed by atoms with Crippen molar-refractivity contribution in [2.24, 2.45) is 0 Å². The fourth-order valence-electron chi connectivity index (χ4n) is 3.11. The third kappa shape index (κ3) is 3.83. The van der Waals surface area contributed by atoms with Gasteiger partial charge in [0.25, 0.3) is 0 Å². The number of carbonyl (C=O) groups is 1. The standard InChI is InChI=1S/C17H25NO2/c1-13(2)18(16-6-4-3-5-7-16)12-14-8-10-15(11-9-14)17(19)20/h8-11,13,16H,3-7,12H2,1-2H3,(H,19,20). The maximum atomic E-state index is 10.9. The topological polar surface area (TPSA) is 40.5 Å². The molecule has 1 aromatic rings. The summed E-state index contributed by atoms with van der Waals surface area (Å²) in [6.45, 7) is 5.42. The van der Waals surface area contributed by atoms with E-state index in [-0.39, 0.29) is 0 Å². The summed E-state index contributed by atoms with van der Waals surface area (Å²) in [6, 6.07) is 8.51. The highest BCUT2D eigenvalue weighted by molar-refractivity contribution is 5.87. The molecule has 110 valence electrons. The van der Waals surface area contributed by atoms with E-state index in [1.807, 2.05) is 12.1 Å². The molecule has 0 saturated heterocycles. The fourth-order valence-corrected chi connectivity index (χ4v) is 3.11. The molecule has 2 rings (SSSR count). The molecule has 0 aliphatic heterocycles. The van der Waals surface area contributed by atoms with Crippen LogP contribution < -0.4 is 0 Å². The molecule has 0 amide bonds. The third-order valence-corrected chi connectivity index (χ3v) is 4.27. The first-order chi connectivity index (χ1) is 9.58. The zero-order valence-corrected chi connectivity index (χ0v) is 12.5. The number of rotatable bonds is 5. The van der Waals surface area contributed by atoms with Gasteiger partial charge in [-0.15, -0.1) is 0 Å². The summed E-state index contributed by atoms with van der Waals surface area (Å²) in [7, 11) is 0. The molecule has 3 nitrogen and oxygen atoms in total. The van der Waals surface area contributed by atoms with Crippen LogP contribution in [0, 0.1) is 0 Å². The van der Waals surface area contributed by atoms with E-state index in [1.54, 1.807) is 12.1 Å². The summed E-state index contributed by atoms with van der Waals surface area (Å²) < 4.78 is 0. The summed E-state index contributed by atoms with van der Waals surface area (Å²) in [5, 5.41) is 8.94. The number of carboxylic acid groups (broad SMARTS) is 1. The van der Waals surface area contributed by atoms with Crippen LogP contribution in [0.15, 0.2) is 24.3 Å². The lowest BCUT2D eigenvalue weighted by Crippen LogP contribution is -2.41. The van der Waals surface area contributed by atoms with Crippen LogP contribution in [0.2, 0.25) is 0 Å². The number of hydrogen-bond acceptors (Lipinski definition) is 2. The van der Waals surface area contributed by atoms with Gasteiger partial charge in [0.15, 0.2) is 0 Å². The zero-order valence-electron chi connectivity index (χ0n) is 12.5. The highest BCUT2D eigenvalue weighted by Gasteiger charge is 2.23. The van der Waals surface area contributed by atoms with Crippen molar-refractivity contribution < 1.29 is 9.90 Å². The maximum absolute atomic E-state index is 10.9. The molecule has 1 aromatic carbocycles. The minimum atomic E-state index is -0.857. The summed E-state index contributed by atoms with van der Waals surface area (Å²) in [4.78, 5) is 13.4. The third-order valence-electron chi connectivity index (χ3n) is 4.27. The van der Waals surface area contributed by atoms with Crippen molar-refractivity contribution in [2.45, 2.75) is 64.6 Å². The van der Waals surface area contributed by atoms with E-state index in [2.05, 4.69) is 18.7 Å². The number of aromatic carboxylic acids is 1. The van der Waals surface area contributed by atoms with Crippen LogP contribution in [-0.2, 0) is 6.54 Å². The Balaban J connectivity index is 2.05. The monoisotopic (exact) mass is 275 g/mol. The molecule has 1 fully saturated rings. The molecule has 0 radical (unpaired) electrons. The molecule has 0 atom stereocenters. The first-order valence-electron chi connectivity index (χ1n) is 7.66. The summed E-state index contributed by atoms with van der Waals surface area (Å²) in [6.07, 6.45) is 6.64. The van der Waals surface area contributed by atoms with Crippen LogP contribution in [0.1, 0.15) is 61.9 Å². The van der Waals surface area contributed by atoms with E-state index in [9.17, 15) is 4.79 Å². The van der Waals surface area contributed by atoms with Gasteiger partial charge in [-0.1, -0.05) is 31.4 Å². The van der Waals surface area contributed by atoms with Crippen molar-refractivity contribution in [1.29, 1.82) is 0 Å². The number of benzene rings is 1. The van der Waals surface area contributed by atoms with Crippen molar-refractivity contribution in [2.75, 3.05) is 0 Å². The first-order valence-corrected chi connectivity index (χ1v) is 7.66. The average Bonchev–Trinajstić information content (AvgIpc) is 2.46. The second-order valence-electron chi connectivity index (χ2n) is 6.06. The zero-order chi connectivity index (χ0) is 14.5. The smallest absolute Gasteiger partial charge is 0.335 e. The molecule has 0 aromatic heterocycles. The van der Waals surface area contributed by atoms with Crippen LogP contribution in [0.3, 0.4) is 0 Å². The van der Waals surface area contributed by atoms with Crippen LogP contribution in [0.4, 0.5) is 0 Å². The fraction of sp³-hybridized carbons (Fsp3) is 0.588. The molecular formula is C17H25NO2. The van der Waals surface area contributed by atoms with E-state index in [0.29, 0.717) is 17.6 Å². The molecule has 1 aliphatic rings. The van der Waals surface area contributed by atoms with Crippen LogP contribution in [-0.4, -0.2) is 28.1 Å². The highest BCUT2D eigenvalue weighted by Crippen LogP contribution is 2.25. The quantitative estimate of drug-likeness (QED) is 0.885. The minimum absolute atomic E-state index is 0.363. The predicted molar refractivity (Wildman–Crippen MR) is 81.0 cm³/mol. The van der Waals surface area contributed by atoms with Crippen molar-refractivity contribution >= 4 is 5.97 Å². The van der Waals surface area contributed by atoms with Crippen molar-refractivity contribution in [1.82, 2.24) is 4.90 Å². The lowest BCUT2D eigenvalue weighted by Gasteiger charge is -2.37. The lowest BCUT2D eigenvalue weighted by molar-refractivity contribution is 0.0696. The first kappa shape index (κ1) is 15.0. The molecular weight excluding hydrogens is 250 g/mol. The Labute approximate surface area is 121 Å². The molecule has 1 saturated carbocycles. The van der Waals surface area contributed by atoms with Crippen molar-refractivity contribution in [3.05, 3.63) is 35.4 Å². The minimum Gasteiger partial charge on any atom is -0.478 e. The molecule has 0 spiro atoms. The van der Waals surface area contributed by atoms with Gasteiger partial charge in [0.05, 0.1) is 5.56 Å². The maximum Gasteiger partial charge on any atom is 0.335 e. The molecule has 0 unspecified atom stereocenters. The van der Waals surface area contributed by atoms with Gasteiger partial charge in [-0.25, -0.2) is 4.79 Å². The second-order valence-corrected chi connectivity index (χ2v) is 6.06. The predicted octanol–water partition coefficient (Wildman–Crippen LogP) is 3.93. The summed E-state index contributed by atoms with van der Waals surface area (Å²) in [5.74, 6) is -0.857. The van der Waals surface area contributed by atoms with E-state index in [0.717, 1.165) is 6.54 Å². The molecule has 1 N–H and O–H groups in total. The Morgan fingerprint density at radius 2 is 1.80 bits per heavy atom. The number of hydrogen-bond donors (Lipinski definition) is 1. The van der Waals surface area contributed by atoms with Crippen LogP contribution in [0.25, 0.3) is 0 Å². The lowest BCUT2D eigenvalue weighted by atomic mass is 9.93. The highest BCUT2D eigenvalue weighted by atomic mass is 16.4. The largest absolute Gasteiger partial charge is 0.478 e. The van der Waals surface area contributed by atoms with Gasteiger partial charge < -0.3 is 5.11 Å². The Morgan fingerprint density at radius 3 is 2.30 bits per heavy atom. The van der Waals surface area contributed by atoms with E-state index in [1.165, 1.54) is 37.7 Å². The summed E-state index contributed by atoms with van der Waals surface area (Å²) in [5.41, 5.74) is 1.57. The van der Waals surface area contributed by atoms with Gasteiger partial charge in [0, 0.05) is 18.6 Å². The molecule has 3 heteroatoms. The average molecular weight is 275 g/mol. The Kier molecular flexibility index (Phi) is 5.18. The van der Waals surface area contributed by atoms with E-state index in [4.69, 9.17) is 5.11 Å². The van der Waals surface area contributed by atoms with Crippen molar-refractivity contribution in [3.63, 3.8) is 0 Å². The SMILES string of the molecule is CC(C)N(Cc1ccc(C(=O)O)cc1)C1CCCCC1. The van der Waals surface area contributed by atoms with Gasteiger partial charge in [-0.2, -0.15) is 0 Å². The van der Waals surface area contributed by atoms with Crippen molar-refractivity contribution in [3.8, 4) is 0 Å². The molecule has 0 bridgehead atoms. The number of nitrogens with zero attached hydrogens (tertiary/aromatic N) is 1. The Morgan fingerprint density at radius 1 is 1.20 bits per heavy atom. The second kappa shape index (κ2) is 6.89. The number of carboxylic acids is 1. The molecule has 0 heterocycles. The normalized spacial score (nSPS) is 16.8. The summed E-state index contributed by atoms with van der Waals surface area (Å²) >= 11 is 0. The molecule has 1 aliphatic carbocycles. The molecule has 20 heavy (non-hydrogen) atoms. The van der Waals surface area contributed by atoms with Gasteiger partial charge in [-0.05, 0) is 44.4 Å². The van der Waals surface area contributed by atoms with Crippen LogP contribution >= 0.6 is 0 Å². The van der Waals surface area contributed by atoms with E-state index < -0.39 is 5.97 Å². The van der Waals surface area contributed by atoms with Gasteiger partial charge in [0.1, 0.15) is 0 Å². The Bertz CT molecular complexity index is 433. The van der Waals surface area contributed by atoms with Crippen LogP contribution in [0.5, 0.6) is 0 Å². The Hall–Kier alpha value is -1.35. The van der Waals surface area contributed by atoms with Gasteiger partial charge in [-0.3, -0.25) is 4.90 Å². The van der Waals surface area contributed by atoms with Gasteiger partial charge >= 0.3 is 5.97 Å².